The molecule has 0 bridgehead atoms. The molecule has 5 rings (SSSR count). The van der Waals surface area contributed by atoms with Gasteiger partial charge < -0.3 is 9.15 Å². The summed E-state index contributed by atoms with van der Waals surface area (Å²) in [6.07, 6.45) is 0. The van der Waals surface area contributed by atoms with E-state index in [0.717, 1.165) is 11.3 Å². The van der Waals surface area contributed by atoms with Crippen LogP contribution in [0.4, 0.5) is 0 Å². The van der Waals surface area contributed by atoms with Crippen molar-refractivity contribution >= 4 is 67.6 Å². The number of hydrogen-bond donors (Lipinski definition) is 1. The normalized spacial score (nSPS) is 13.1. The van der Waals surface area contributed by atoms with Crippen LogP contribution in [0.15, 0.2) is 48.8 Å². The topological polar surface area (TPSA) is 103 Å². The third-order valence-corrected chi connectivity index (χ3v) is 7.04. The van der Waals surface area contributed by atoms with Crippen LogP contribution in [0.25, 0.3) is 26.9 Å². The number of fused-ring (bicyclic) bond motifs is 3. The maximum absolute atomic E-state index is 13.2. The predicted molar refractivity (Wildman–Crippen MR) is 121 cm³/mol. The molecule has 0 fully saturated rings. The lowest BCUT2D eigenvalue weighted by atomic mass is 10.1. The lowest BCUT2D eigenvalue weighted by Crippen LogP contribution is -2.33. The van der Waals surface area contributed by atoms with Crippen LogP contribution in [0.3, 0.4) is 0 Å². The van der Waals surface area contributed by atoms with Gasteiger partial charge >= 0.3 is 11.6 Å². The Morgan fingerprint density at radius 1 is 1.29 bits per heavy atom. The predicted octanol–water partition coefficient (Wildman–Crippen LogP) is 3.96. The summed E-state index contributed by atoms with van der Waals surface area (Å²) in [5, 5.41) is 3.54. The van der Waals surface area contributed by atoms with Crippen molar-refractivity contribution in [2.45, 2.75) is 12.1 Å². The molecule has 0 saturated carbocycles. The zero-order valence-electron chi connectivity index (χ0n) is 16.0. The van der Waals surface area contributed by atoms with Gasteiger partial charge in [-0.25, -0.2) is 14.6 Å². The third kappa shape index (κ3) is 3.14. The van der Waals surface area contributed by atoms with Gasteiger partial charge in [-0.15, -0.1) is 11.3 Å². The minimum atomic E-state index is -0.556. The van der Waals surface area contributed by atoms with E-state index in [1.807, 2.05) is 0 Å². The first-order chi connectivity index (χ1) is 14.9. The largest absolute Gasteiger partial charge is 0.465 e. The second-order valence-corrected chi connectivity index (χ2v) is 8.93. The number of carbonyl (C=O) groups excluding carboxylic acids is 1. The smallest absolute Gasteiger partial charge is 0.348 e. The molecule has 156 valence electrons. The molecule has 4 aromatic rings. The first-order valence-electron chi connectivity index (χ1n) is 8.89. The van der Waals surface area contributed by atoms with Crippen molar-refractivity contribution in [1.82, 2.24) is 9.66 Å². The van der Waals surface area contributed by atoms with Gasteiger partial charge in [0.1, 0.15) is 15.3 Å². The van der Waals surface area contributed by atoms with E-state index in [-0.39, 0.29) is 11.1 Å². The molecule has 1 aliphatic heterocycles. The van der Waals surface area contributed by atoms with Gasteiger partial charge in [-0.2, -0.15) is 4.68 Å². The number of ether oxygens (including phenoxy) is 1. The van der Waals surface area contributed by atoms with Crippen LogP contribution in [0.5, 0.6) is 0 Å². The van der Waals surface area contributed by atoms with Gasteiger partial charge in [-0.3, -0.25) is 10.2 Å². The van der Waals surface area contributed by atoms with Gasteiger partial charge in [0.15, 0.2) is 5.16 Å². The summed E-state index contributed by atoms with van der Waals surface area (Å²) in [6.45, 7) is 1.68. The van der Waals surface area contributed by atoms with E-state index in [4.69, 9.17) is 20.8 Å². The van der Waals surface area contributed by atoms with Gasteiger partial charge in [0.05, 0.1) is 23.8 Å². The number of aromatic nitrogens is 2. The Hall–Kier alpha value is -3.08. The van der Waals surface area contributed by atoms with E-state index in [2.05, 4.69) is 10.4 Å². The average molecular weight is 474 g/mol. The monoisotopic (exact) mass is 473 g/mol. The number of nitrogens with one attached hydrogen (secondary N) is 1. The summed E-state index contributed by atoms with van der Waals surface area (Å²) in [5.41, 5.74) is 3.56. The number of nitrogens with zero attached hydrogens (tertiary/aromatic N) is 2. The molecule has 0 aliphatic carbocycles. The average Bonchev–Trinajstić information content (AvgIpc) is 3.09. The maximum Gasteiger partial charge on any atom is 0.348 e. The fourth-order valence-corrected chi connectivity index (χ4v) is 5.40. The van der Waals surface area contributed by atoms with E-state index >= 15 is 0 Å². The van der Waals surface area contributed by atoms with Crippen molar-refractivity contribution in [3.05, 3.63) is 71.5 Å². The number of methoxy groups -OCH3 is 1. The molecule has 11 heteroatoms. The first-order valence-corrected chi connectivity index (χ1v) is 11.0. The van der Waals surface area contributed by atoms with Crippen LogP contribution < -0.4 is 16.6 Å². The number of hydrogen-bond acceptors (Lipinski definition) is 9. The summed E-state index contributed by atoms with van der Waals surface area (Å²) >= 11 is 8.34. The molecule has 1 N–H and O–H groups in total. The minimum absolute atomic E-state index is 0.247. The highest BCUT2D eigenvalue weighted by molar-refractivity contribution is 8.02. The summed E-state index contributed by atoms with van der Waals surface area (Å²) in [4.78, 5) is 43.0. The molecule has 1 aliphatic rings. The standard InChI is InChI=1S/C20H12ClN3O5S2/c1-8-14-16(31-15(8)19(27)28-2)22-20-24(17(14)25)23-12(7-30-20)11-6-9-5-10(21)3-4-13(9)29-18(11)26/h3-7,23H,1-2H3. The van der Waals surface area contributed by atoms with Crippen molar-refractivity contribution in [3.63, 3.8) is 0 Å². The fourth-order valence-electron chi connectivity index (χ4n) is 3.29. The number of benzene rings is 1. The first kappa shape index (κ1) is 19.9. The molecule has 31 heavy (non-hydrogen) atoms. The highest BCUT2D eigenvalue weighted by Gasteiger charge is 2.25. The molecule has 0 unspecified atom stereocenters. The molecular formula is C20H12ClN3O5S2. The van der Waals surface area contributed by atoms with Crippen LogP contribution >= 0.6 is 34.7 Å². The Morgan fingerprint density at radius 3 is 2.87 bits per heavy atom. The van der Waals surface area contributed by atoms with Gasteiger partial charge in [0.2, 0.25) is 0 Å². The van der Waals surface area contributed by atoms with E-state index in [1.54, 1.807) is 36.6 Å². The van der Waals surface area contributed by atoms with E-state index in [9.17, 15) is 14.4 Å². The van der Waals surface area contributed by atoms with E-state index in [0.29, 0.717) is 47.5 Å². The quantitative estimate of drug-likeness (QED) is 0.265. The molecule has 0 saturated heterocycles. The van der Waals surface area contributed by atoms with Crippen LogP contribution in [-0.2, 0) is 4.74 Å². The van der Waals surface area contributed by atoms with Crippen LogP contribution in [0.2, 0.25) is 5.02 Å². The van der Waals surface area contributed by atoms with Gasteiger partial charge in [0, 0.05) is 15.8 Å². The number of esters is 1. The lowest BCUT2D eigenvalue weighted by molar-refractivity contribution is 0.0605. The number of thiophene rings is 1. The molecule has 0 amide bonds. The number of thioether (sulfide) groups is 1. The Balaban J connectivity index is 1.63. The van der Waals surface area contributed by atoms with Crippen LogP contribution in [-0.4, -0.2) is 22.7 Å². The maximum atomic E-state index is 13.2. The molecule has 4 heterocycles. The molecule has 1 aromatic carbocycles. The molecular weight excluding hydrogens is 462 g/mol. The highest BCUT2D eigenvalue weighted by Crippen LogP contribution is 2.32. The second-order valence-electron chi connectivity index (χ2n) is 6.65. The van der Waals surface area contributed by atoms with Crippen molar-refractivity contribution < 1.29 is 13.9 Å². The third-order valence-electron chi connectivity index (χ3n) is 4.80. The summed E-state index contributed by atoms with van der Waals surface area (Å²) < 4.78 is 11.4. The van der Waals surface area contributed by atoms with Gasteiger partial charge in [0.25, 0.3) is 5.56 Å². The Bertz CT molecular complexity index is 1570. The zero-order chi connectivity index (χ0) is 21.9. The van der Waals surface area contributed by atoms with Gasteiger partial charge in [-0.1, -0.05) is 23.4 Å². The molecule has 0 radical (unpaired) electrons. The highest BCUT2D eigenvalue weighted by atomic mass is 35.5. The minimum Gasteiger partial charge on any atom is -0.465 e. The zero-order valence-corrected chi connectivity index (χ0v) is 18.4. The Labute approximate surface area is 187 Å². The molecule has 0 spiro atoms. The Kier molecular flexibility index (Phi) is 4.65. The fraction of sp³-hybridized carbons (Fsp3) is 0.100. The molecule has 0 atom stereocenters. The molecule has 8 nitrogen and oxygen atoms in total. The number of halogens is 1. The summed E-state index contributed by atoms with van der Waals surface area (Å²) in [6, 6.07) is 6.60. The van der Waals surface area contributed by atoms with Crippen LogP contribution in [0.1, 0.15) is 20.8 Å². The van der Waals surface area contributed by atoms with Crippen LogP contribution in [0, 0.1) is 6.92 Å². The number of carbonyl (C=O) groups is 1. The SMILES string of the molecule is COC(=O)c1sc2nc3n(c(=O)c2c1C)NC(c1cc2cc(Cl)ccc2oc1=O)=CS3. The Morgan fingerprint density at radius 2 is 2.10 bits per heavy atom. The summed E-state index contributed by atoms with van der Waals surface area (Å²) in [7, 11) is 1.29. The van der Waals surface area contributed by atoms with Gasteiger partial charge in [-0.05, 0) is 36.8 Å². The van der Waals surface area contributed by atoms with E-state index in [1.165, 1.54) is 23.5 Å². The second kappa shape index (κ2) is 7.26. The number of aryl methyl sites for hydroxylation is 1. The van der Waals surface area contributed by atoms with E-state index < -0.39 is 11.6 Å². The summed E-state index contributed by atoms with van der Waals surface area (Å²) in [5.74, 6) is -0.519. The van der Waals surface area contributed by atoms with Crippen molar-refractivity contribution in [2.24, 2.45) is 0 Å². The lowest BCUT2D eigenvalue weighted by Gasteiger charge is -2.19. The van der Waals surface area contributed by atoms with Crippen molar-refractivity contribution in [3.8, 4) is 0 Å². The number of rotatable bonds is 2. The molecule has 3 aromatic heterocycles. The van der Waals surface area contributed by atoms with Crippen molar-refractivity contribution in [2.75, 3.05) is 12.5 Å². The van der Waals surface area contributed by atoms with Crippen molar-refractivity contribution in [1.29, 1.82) is 0 Å².